The molecule has 0 unspecified atom stereocenters. The number of rotatable bonds is 1. The van der Waals surface area contributed by atoms with Crippen molar-refractivity contribution in [1.82, 2.24) is 19.7 Å². The molecule has 0 aliphatic carbocycles. The zero-order valence-corrected chi connectivity index (χ0v) is 11.3. The van der Waals surface area contributed by atoms with Gasteiger partial charge in [0, 0.05) is 18.5 Å². The Morgan fingerprint density at radius 2 is 2.11 bits per heavy atom. The molecule has 1 amide bonds. The Labute approximate surface area is 107 Å². The van der Waals surface area contributed by atoms with Crippen LogP contribution in [-0.2, 0) is 23.3 Å². The largest absolute Gasteiger partial charge is 0.332 e. The van der Waals surface area contributed by atoms with Crippen LogP contribution < -0.4 is 0 Å². The van der Waals surface area contributed by atoms with Crippen LogP contribution in [0, 0.1) is 0 Å². The highest BCUT2D eigenvalue weighted by atomic mass is 16.2. The van der Waals surface area contributed by atoms with Crippen LogP contribution in [0.2, 0.25) is 0 Å². The monoisotopic (exact) mass is 248 g/mol. The molecular weight excluding hydrogens is 228 g/mol. The van der Waals surface area contributed by atoms with E-state index in [1.807, 2.05) is 4.68 Å². The number of carbonyl (C=O) groups excluding carboxylic acids is 1. The molecule has 0 bridgehead atoms. The molecular formula is C13H20N4O. The summed E-state index contributed by atoms with van der Waals surface area (Å²) in [5.41, 5.74) is -0.0630. The van der Waals surface area contributed by atoms with Crippen LogP contribution in [0.5, 0.6) is 0 Å². The lowest BCUT2D eigenvalue weighted by atomic mass is 9.96. The Morgan fingerprint density at radius 1 is 1.39 bits per heavy atom. The minimum atomic E-state index is -0.0630. The summed E-state index contributed by atoms with van der Waals surface area (Å²) in [5.74, 6) is 1.67. The molecule has 0 fully saturated rings. The number of hydrogen-bond donors (Lipinski definition) is 0. The van der Waals surface area contributed by atoms with Gasteiger partial charge < -0.3 is 4.90 Å². The molecule has 0 atom stereocenters. The van der Waals surface area contributed by atoms with E-state index >= 15 is 0 Å². The van der Waals surface area contributed by atoms with Crippen LogP contribution in [0.4, 0.5) is 0 Å². The van der Waals surface area contributed by atoms with Gasteiger partial charge in [-0.3, -0.25) is 4.79 Å². The van der Waals surface area contributed by atoms with Crippen molar-refractivity contribution in [3.05, 3.63) is 24.3 Å². The molecule has 5 nitrogen and oxygen atoms in total. The first-order chi connectivity index (χ1) is 8.41. The summed E-state index contributed by atoms with van der Waals surface area (Å²) in [7, 11) is 0. The lowest BCUT2D eigenvalue weighted by Crippen LogP contribution is -2.29. The van der Waals surface area contributed by atoms with Gasteiger partial charge in [0.25, 0.3) is 0 Å². The van der Waals surface area contributed by atoms with Gasteiger partial charge in [0.05, 0.1) is 6.54 Å². The SMILES string of the molecule is C=CC(=O)N1CCCn2nc(C(C)(C)C)nc2C1. The van der Waals surface area contributed by atoms with E-state index in [2.05, 4.69) is 37.4 Å². The topological polar surface area (TPSA) is 51.0 Å². The van der Waals surface area contributed by atoms with Crippen LogP contribution in [0.3, 0.4) is 0 Å². The second-order valence-corrected chi connectivity index (χ2v) is 5.64. The standard InChI is InChI=1S/C13H20N4O/c1-5-11(18)16-7-6-8-17-10(9-16)14-12(15-17)13(2,3)4/h5H,1,6-9H2,2-4H3. The van der Waals surface area contributed by atoms with Crippen LogP contribution in [-0.4, -0.2) is 32.1 Å². The number of hydrogen-bond acceptors (Lipinski definition) is 3. The van der Waals surface area contributed by atoms with Crippen LogP contribution in [0.15, 0.2) is 12.7 Å². The Balaban J connectivity index is 2.28. The zero-order chi connectivity index (χ0) is 13.3. The highest BCUT2D eigenvalue weighted by molar-refractivity contribution is 5.86. The summed E-state index contributed by atoms with van der Waals surface area (Å²) >= 11 is 0. The second-order valence-electron chi connectivity index (χ2n) is 5.64. The minimum absolute atomic E-state index is 0.0382. The molecule has 0 saturated heterocycles. The van der Waals surface area contributed by atoms with Gasteiger partial charge in [0.2, 0.25) is 5.91 Å². The average molecular weight is 248 g/mol. The van der Waals surface area contributed by atoms with Crippen molar-refractivity contribution < 1.29 is 4.79 Å². The number of fused-ring (bicyclic) bond motifs is 1. The van der Waals surface area contributed by atoms with Crippen molar-refractivity contribution in [1.29, 1.82) is 0 Å². The minimum Gasteiger partial charge on any atom is -0.332 e. The summed E-state index contributed by atoms with van der Waals surface area (Å²) in [4.78, 5) is 18.0. The Kier molecular flexibility index (Phi) is 3.24. The third-order valence-corrected chi connectivity index (χ3v) is 3.04. The molecule has 1 aliphatic rings. The van der Waals surface area contributed by atoms with Crippen LogP contribution in [0.1, 0.15) is 38.8 Å². The van der Waals surface area contributed by atoms with E-state index in [-0.39, 0.29) is 11.3 Å². The van der Waals surface area contributed by atoms with Gasteiger partial charge in [-0.15, -0.1) is 0 Å². The Hall–Kier alpha value is -1.65. The quantitative estimate of drug-likeness (QED) is 0.708. The van der Waals surface area contributed by atoms with Crippen LogP contribution >= 0.6 is 0 Å². The maximum atomic E-state index is 11.7. The lowest BCUT2D eigenvalue weighted by molar-refractivity contribution is -0.126. The molecule has 0 spiro atoms. The number of aromatic nitrogens is 3. The maximum Gasteiger partial charge on any atom is 0.246 e. The van der Waals surface area contributed by atoms with Crippen molar-refractivity contribution in [3.8, 4) is 0 Å². The van der Waals surface area contributed by atoms with Gasteiger partial charge in [-0.05, 0) is 12.5 Å². The predicted octanol–water partition coefficient (Wildman–Crippen LogP) is 1.49. The summed E-state index contributed by atoms with van der Waals surface area (Å²) in [6, 6.07) is 0. The summed E-state index contributed by atoms with van der Waals surface area (Å²) in [5, 5.41) is 4.54. The van der Waals surface area contributed by atoms with E-state index in [9.17, 15) is 4.79 Å². The fourth-order valence-corrected chi connectivity index (χ4v) is 1.97. The first-order valence-electron chi connectivity index (χ1n) is 6.27. The molecule has 18 heavy (non-hydrogen) atoms. The highest BCUT2D eigenvalue weighted by Crippen LogP contribution is 2.20. The molecule has 2 heterocycles. The third-order valence-electron chi connectivity index (χ3n) is 3.04. The summed E-state index contributed by atoms with van der Waals surface area (Å²) in [6.07, 6.45) is 2.26. The van der Waals surface area contributed by atoms with E-state index in [1.54, 1.807) is 4.90 Å². The van der Waals surface area contributed by atoms with Crippen molar-refractivity contribution in [2.24, 2.45) is 0 Å². The van der Waals surface area contributed by atoms with Gasteiger partial charge in [0.1, 0.15) is 5.82 Å². The zero-order valence-electron chi connectivity index (χ0n) is 11.3. The Bertz CT molecular complexity index is 470. The third kappa shape index (κ3) is 2.44. The number of carbonyl (C=O) groups is 1. The number of amides is 1. The predicted molar refractivity (Wildman–Crippen MR) is 69.0 cm³/mol. The molecule has 2 rings (SSSR count). The van der Waals surface area contributed by atoms with Gasteiger partial charge in [0.15, 0.2) is 5.82 Å². The molecule has 0 N–H and O–H groups in total. The summed E-state index contributed by atoms with van der Waals surface area (Å²) in [6.45, 7) is 11.9. The fraction of sp³-hybridized carbons (Fsp3) is 0.615. The lowest BCUT2D eigenvalue weighted by Gasteiger charge is -2.17. The first-order valence-corrected chi connectivity index (χ1v) is 6.27. The number of aryl methyl sites for hydroxylation is 1. The highest BCUT2D eigenvalue weighted by Gasteiger charge is 2.25. The van der Waals surface area contributed by atoms with Gasteiger partial charge in [-0.25, -0.2) is 9.67 Å². The fourth-order valence-electron chi connectivity index (χ4n) is 1.97. The van der Waals surface area contributed by atoms with E-state index in [1.165, 1.54) is 6.08 Å². The average Bonchev–Trinajstić information content (AvgIpc) is 2.60. The van der Waals surface area contributed by atoms with E-state index in [4.69, 9.17) is 0 Å². The van der Waals surface area contributed by atoms with E-state index in [0.29, 0.717) is 6.54 Å². The molecule has 1 aromatic rings. The van der Waals surface area contributed by atoms with Gasteiger partial charge in [-0.2, -0.15) is 5.10 Å². The molecule has 0 saturated carbocycles. The smallest absolute Gasteiger partial charge is 0.246 e. The Morgan fingerprint density at radius 3 is 2.72 bits per heavy atom. The number of nitrogens with zero attached hydrogens (tertiary/aromatic N) is 4. The van der Waals surface area contributed by atoms with Crippen molar-refractivity contribution in [2.45, 2.75) is 45.7 Å². The maximum absolute atomic E-state index is 11.7. The van der Waals surface area contributed by atoms with Crippen LogP contribution in [0.25, 0.3) is 0 Å². The molecule has 98 valence electrons. The molecule has 5 heteroatoms. The van der Waals surface area contributed by atoms with Gasteiger partial charge in [-0.1, -0.05) is 27.4 Å². The molecule has 1 aromatic heterocycles. The second kappa shape index (κ2) is 4.55. The first kappa shape index (κ1) is 12.8. The normalized spacial score (nSPS) is 16.1. The molecule has 1 aliphatic heterocycles. The van der Waals surface area contributed by atoms with E-state index in [0.717, 1.165) is 31.2 Å². The molecule has 0 radical (unpaired) electrons. The molecule has 0 aromatic carbocycles. The van der Waals surface area contributed by atoms with Crippen molar-refractivity contribution in [2.75, 3.05) is 6.54 Å². The van der Waals surface area contributed by atoms with E-state index < -0.39 is 0 Å². The van der Waals surface area contributed by atoms with Crippen molar-refractivity contribution in [3.63, 3.8) is 0 Å². The summed E-state index contributed by atoms with van der Waals surface area (Å²) < 4.78 is 1.93. The van der Waals surface area contributed by atoms with Crippen molar-refractivity contribution >= 4 is 5.91 Å². The van der Waals surface area contributed by atoms with Gasteiger partial charge >= 0.3 is 0 Å².